The average molecular weight is 396 g/mol. The molecule has 1 aliphatic heterocycles. The quantitative estimate of drug-likeness (QED) is 0.736. The van der Waals surface area contributed by atoms with Gasteiger partial charge in [0, 0.05) is 11.1 Å². The van der Waals surface area contributed by atoms with Gasteiger partial charge in [0.15, 0.2) is 0 Å². The Hall–Kier alpha value is -1.21. The monoisotopic (exact) mass is 395 g/mol. The molecule has 1 aliphatic rings. The Balaban J connectivity index is 1.94. The fourth-order valence-electron chi connectivity index (χ4n) is 3.05. The number of hydrogen-bond donors (Lipinski definition) is 0. The molecule has 0 spiro atoms. The fourth-order valence-corrected chi connectivity index (χ4v) is 4.17. The maximum atomic E-state index is 11.6. The van der Waals surface area contributed by atoms with Gasteiger partial charge in [-0.3, -0.25) is 0 Å². The molecule has 0 radical (unpaired) electrons. The highest BCUT2D eigenvalue weighted by Gasteiger charge is 2.27. The summed E-state index contributed by atoms with van der Waals surface area (Å²) in [5.41, 5.74) is 1.65. The highest BCUT2D eigenvalue weighted by atomic mass is 79.9. The molecule has 0 saturated carbocycles. The third kappa shape index (κ3) is 3.83. The van der Waals surface area contributed by atoms with Crippen LogP contribution in [0.15, 0.2) is 57.9 Å². The van der Waals surface area contributed by atoms with Crippen LogP contribution in [-0.2, 0) is 14.9 Å². The van der Waals surface area contributed by atoms with Gasteiger partial charge in [-0.2, -0.15) is 0 Å². The second-order valence-electron chi connectivity index (χ2n) is 5.63. The molecule has 2 atom stereocenters. The minimum atomic E-state index is -4.49. The van der Waals surface area contributed by atoms with Gasteiger partial charge in [0.1, 0.15) is 10.1 Å². The first-order valence-electron chi connectivity index (χ1n) is 7.37. The van der Waals surface area contributed by atoms with Crippen LogP contribution in [0.25, 0.3) is 0 Å². The summed E-state index contributed by atoms with van der Waals surface area (Å²) in [5, 5.41) is 0. The summed E-state index contributed by atoms with van der Waals surface area (Å²) in [6, 6.07) is 14.6. The normalized spacial score (nSPS) is 22.0. The van der Waals surface area contributed by atoms with E-state index in [1.807, 2.05) is 30.3 Å². The van der Waals surface area contributed by atoms with E-state index in [2.05, 4.69) is 15.9 Å². The average Bonchev–Trinajstić information content (AvgIpc) is 2.54. The van der Waals surface area contributed by atoms with Gasteiger partial charge >= 0.3 is 0 Å². The molecule has 6 heteroatoms. The standard InChI is InChI=1S/C17H17BrO4S/c18-14-6-7-17(23(19,20)21)15(11-14)13-8-9-22-16(10-13)12-4-2-1-3-5-12/h1-7,11,13,16H,8-10H2,(H,19,20,21)/p-1. The van der Waals surface area contributed by atoms with Gasteiger partial charge in [-0.1, -0.05) is 46.3 Å². The molecular formula is C17H16BrO4S-. The van der Waals surface area contributed by atoms with Crippen molar-refractivity contribution in [2.75, 3.05) is 6.61 Å². The molecule has 2 aromatic carbocycles. The Bertz CT molecular complexity index is 789. The maximum Gasteiger partial charge on any atom is 0.124 e. The van der Waals surface area contributed by atoms with Crippen LogP contribution in [0.4, 0.5) is 0 Å². The topological polar surface area (TPSA) is 66.4 Å². The van der Waals surface area contributed by atoms with Gasteiger partial charge in [0.2, 0.25) is 0 Å². The second-order valence-corrected chi connectivity index (χ2v) is 7.89. The third-order valence-electron chi connectivity index (χ3n) is 4.14. The predicted molar refractivity (Wildman–Crippen MR) is 89.2 cm³/mol. The van der Waals surface area contributed by atoms with Crippen LogP contribution in [0.3, 0.4) is 0 Å². The lowest BCUT2D eigenvalue weighted by atomic mass is 9.86. The van der Waals surface area contributed by atoms with E-state index in [1.165, 1.54) is 6.07 Å². The van der Waals surface area contributed by atoms with Crippen LogP contribution >= 0.6 is 15.9 Å². The minimum Gasteiger partial charge on any atom is -0.744 e. The molecule has 0 bridgehead atoms. The summed E-state index contributed by atoms with van der Waals surface area (Å²) >= 11 is 3.36. The van der Waals surface area contributed by atoms with Crippen molar-refractivity contribution < 1.29 is 17.7 Å². The van der Waals surface area contributed by atoms with Crippen LogP contribution < -0.4 is 0 Å². The van der Waals surface area contributed by atoms with E-state index >= 15 is 0 Å². The molecular weight excluding hydrogens is 380 g/mol. The minimum absolute atomic E-state index is 0.0230. The zero-order valence-electron chi connectivity index (χ0n) is 12.3. The lowest BCUT2D eigenvalue weighted by molar-refractivity contribution is 0.00483. The number of ether oxygens (including phenoxy) is 1. The Morgan fingerprint density at radius 1 is 1.13 bits per heavy atom. The highest BCUT2D eigenvalue weighted by molar-refractivity contribution is 9.10. The molecule has 23 heavy (non-hydrogen) atoms. The van der Waals surface area contributed by atoms with Gasteiger partial charge in [0.25, 0.3) is 0 Å². The van der Waals surface area contributed by atoms with Crippen molar-refractivity contribution in [1.29, 1.82) is 0 Å². The first-order valence-corrected chi connectivity index (χ1v) is 9.57. The summed E-state index contributed by atoms with van der Waals surface area (Å²) < 4.78 is 41.3. The van der Waals surface area contributed by atoms with Gasteiger partial charge in [-0.05, 0) is 48.1 Å². The van der Waals surface area contributed by atoms with Gasteiger partial charge in [0.05, 0.1) is 11.0 Å². The molecule has 0 N–H and O–H groups in total. The molecule has 0 aliphatic carbocycles. The third-order valence-corrected chi connectivity index (χ3v) is 5.54. The number of benzene rings is 2. The smallest absolute Gasteiger partial charge is 0.124 e. The molecule has 2 unspecified atom stereocenters. The molecule has 1 fully saturated rings. The molecule has 4 nitrogen and oxygen atoms in total. The van der Waals surface area contributed by atoms with Crippen LogP contribution in [0.2, 0.25) is 0 Å². The van der Waals surface area contributed by atoms with Crippen molar-refractivity contribution in [3.8, 4) is 0 Å². The summed E-state index contributed by atoms with van der Waals surface area (Å²) in [6.07, 6.45) is 1.27. The van der Waals surface area contributed by atoms with Crippen molar-refractivity contribution >= 4 is 26.0 Å². The van der Waals surface area contributed by atoms with Crippen molar-refractivity contribution in [3.63, 3.8) is 0 Å². The van der Waals surface area contributed by atoms with Crippen LogP contribution in [0.1, 0.15) is 36.0 Å². The molecule has 1 saturated heterocycles. The Morgan fingerprint density at radius 3 is 2.57 bits per heavy atom. The summed E-state index contributed by atoms with van der Waals surface area (Å²) in [6.45, 7) is 0.537. The first-order chi connectivity index (χ1) is 10.9. The lowest BCUT2D eigenvalue weighted by Gasteiger charge is -2.31. The highest BCUT2D eigenvalue weighted by Crippen LogP contribution is 2.40. The van der Waals surface area contributed by atoms with Crippen LogP contribution in [-0.4, -0.2) is 19.6 Å². The second kappa shape index (κ2) is 6.73. The van der Waals surface area contributed by atoms with Crippen LogP contribution in [0.5, 0.6) is 0 Å². The van der Waals surface area contributed by atoms with E-state index in [9.17, 15) is 13.0 Å². The molecule has 3 rings (SSSR count). The Kier molecular flexibility index (Phi) is 4.87. The first kappa shape index (κ1) is 16.6. The molecule has 0 aromatic heterocycles. The van der Waals surface area contributed by atoms with E-state index < -0.39 is 10.1 Å². The van der Waals surface area contributed by atoms with Crippen molar-refractivity contribution in [3.05, 3.63) is 64.1 Å². The zero-order valence-corrected chi connectivity index (χ0v) is 14.7. The SMILES string of the molecule is O=S(=O)([O-])c1ccc(Br)cc1C1CCOC(c2ccccc2)C1. The molecule has 1 heterocycles. The van der Waals surface area contributed by atoms with Gasteiger partial charge < -0.3 is 9.29 Å². The Labute approximate surface area is 144 Å². The van der Waals surface area contributed by atoms with Crippen LogP contribution in [0, 0.1) is 0 Å². The number of rotatable bonds is 3. The maximum absolute atomic E-state index is 11.6. The van der Waals surface area contributed by atoms with E-state index in [1.54, 1.807) is 12.1 Å². The van der Waals surface area contributed by atoms with Crippen molar-refractivity contribution in [2.24, 2.45) is 0 Å². The molecule has 0 amide bonds. The lowest BCUT2D eigenvalue weighted by Crippen LogP contribution is -2.20. The summed E-state index contributed by atoms with van der Waals surface area (Å²) in [4.78, 5) is -0.126. The van der Waals surface area contributed by atoms with E-state index in [0.717, 1.165) is 10.0 Å². The predicted octanol–water partition coefficient (Wildman–Crippen LogP) is 3.99. The fraction of sp³-hybridized carbons (Fsp3) is 0.294. The molecule has 2 aromatic rings. The summed E-state index contributed by atoms with van der Waals surface area (Å²) in [5.74, 6) is -0.0230. The Morgan fingerprint density at radius 2 is 1.87 bits per heavy atom. The summed E-state index contributed by atoms with van der Waals surface area (Å²) in [7, 11) is -4.49. The van der Waals surface area contributed by atoms with Crippen molar-refractivity contribution in [1.82, 2.24) is 0 Å². The number of hydrogen-bond acceptors (Lipinski definition) is 4. The zero-order chi connectivity index (χ0) is 16.4. The van der Waals surface area contributed by atoms with E-state index in [-0.39, 0.29) is 16.9 Å². The largest absolute Gasteiger partial charge is 0.744 e. The van der Waals surface area contributed by atoms with E-state index in [0.29, 0.717) is 25.0 Å². The number of halogens is 1. The van der Waals surface area contributed by atoms with Crippen molar-refractivity contribution in [2.45, 2.75) is 29.8 Å². The van der Waals surface area contributed by atoms with Gasteiger partial charge in [-0.15, -0.1) is 0 Å². The van der Waals surface area contributed by atoms with Gasteiger partial charge in [-0.25, -0.2) is 8.42 Å². The molecule has 122 valence electrons. The van der Waals surface area contributed by atoms with E-state index in [4.69, 9.17) is 4.74 Å².